The van der Waals surface area contributed by atoms with Gasteiger partial charge in [0.2, 0.25) is 5.91 Å². The Kier molecular flexibility index (Phi) is 51.6. The molecule has 2 atom stereocenters. The molecular formula is C58H107NO5. The zero-order chi connectivity index (χ0) is 46.5. The second-order valence-electron chi connectivity index (χ2n) is 18.9. The summed E-state index contributed by atoms with van der Waals surface area (Å²) in [4.78, 5) is 24.5. The number of amides is 1. The van der Waals surface area contributed by atoms with Crippen LogP contribution in [0, 0.1) is 0 Å². The summed E-state index contributed by atoms with van der Waals surface area (Å²) in [5.41, 5.74) is 0. The van der Waals surface area contributed by atoms with Gasteiger partial charge in [0.15, 0.2) is 0 Å². The molecular weight excluding hydrogens is 791 g/mol. The van der Waals surface area contributed by atoms with Crippen LogP contribution in [0.2, 0.25) is 0 Å². The first-order valence-corrected chi connectivity index (χ1v) is 27.9. The third-order valence-corrected chi connectivity index (χ3v) is 12.6. The summed E-state index contributed by atoms with van der Waals surface area (Å²) in [6, 6.07) is -0.636. The molecule has 0 aromatic heterocycles. The van der Waals surface area contributed by atoms with E-state index in [0.717, 1.165) is 64.2 Å². The fourth-order valence-corrected chi connectivity index (χ4v) is 8.25. The van der Waals surface area contributed by atoms with Gasteiger partial charge in [0.1, 0.15) is 0 Å². The van der Waals surface area contributed by atoms with Crippen molar-refractivity contribution >= 4 is 11.9 Å². The fraction of sp³-hybridized carbons (Fsp3) is 0.828. The van der Waals surface area contributed by atoms with Crippen LogP contribution >= 0.6 is 0 Å². The number of carbonyl (C=O) groups excluding carboxylic acids is 2. The Hall–Kier alpha value is -2.18. The number of ether oxygens (including phenoxy) is 1. The lowest BCUT2D eigenvalue weighted by atomic mass is 10.1. The summed E-state index contributed by atoms with van der Waals surface area (Å²) in [7, 11) is 0. The van der Waals surface area contributed by atoms with Crippen molar-refractivity contribution in [3.8, 4) is 0 Å². The van der Waals surface area contributed by atoms with Gasteiger partial charge < -0.3 is 20.3 Å². The maximum atomic E-state index is 12.4. The molecule has 0 bridgehead atoms. The van der Waals surface area contributed by atoms with E-state index in [2.05, 4.69) is 55.6 Å². The molecule has 6 nitrogen and oxygen atoms in total. The summed E-state index contributed by atoms with van der Waals surface area (Å²) in [6.07, 6.45) is 67.0. The normalized spacial score (nSPS) is 13.0. The highest BCUT2D eigenvalue weighted by atomic mass is 16.5. The average molecular weight is 898 g/mol. The molecule has 0 aromatic rings. The van der Waals surface area contributed by atoms with Crippen molar-refractivity contribution in [3.05, 3.63) is 48.6 Å². The van der Waals surface area contributed by atoms with Crippen molar-refractivity contribution in [3.63, 3.8) is 0 Å². The lowest BCUT2D eigenvalue weighted by molar-refractivity contribution is -0.143. The van der Waals surface area contributed by atoms with Crippen LogP contribution in [0.3, 0.4) is 0 Å². The molecule has 0 aromatic carbocycles. The highest BCUT2D eigenvalue weighted by molar-refractivity contribution is 5.76. The standard InChI is InChI=1S/C58H107NO5/c1-3-5-7-9-11-13-15-16-17-18-19-22-25-28-32-36-40-44-48-52-58(63)64-53-49-45-41-37-33-29-26-23-20-21-24-27-31-35-39-43-47-51-57(62)59-55(54-60)56(61)50-46-42-38-34-30-14-12-10-8-6-4-2/h11,13,16-17,20,23,46,50,55-56,60-61H,3-10,12,14-15,18-19,21-22,24-45,47-49,51-54H2,1-2H3,(H,59,62)/b13-11-,17-16-,23-20-,50-46+. The topological polar surface area (TPSA) is 95.9 Å². The van der Waals surface area contributed by atoms with E-state index in [1.165, 1.54) is 193 Å². The van der Waals surface area contributed by atoms with Gasteiger partial charge in [-0.3, -0.25) is 9.59 Å². The maximum Gasteiger partial charge on any atom is 0.305 e. The van der Waals surface area contributed by atoms with Crippen LogP contribution in [0.4, 0.5) is 0 Å². The molecule has 0 spiro atoms. The molecule has 64 heavy (non-hydrogen) atoms. The Morgan fingerprint density at radius 3 is 1.23 bits per heavy atom. The van der Waals surface area contributed by atoms with Crippen LogP contribution in [0.5, 0.6) is 0 Å². The Bertz CT molecular complexity index is 1080. The van der Waals surface area contributed by atoms with Crippen LogP contribution in [0.15, 0.2) is 48.6 Å². The third-order valence-electron chi connectivity index (χ3n) is 12.6. The molecule has 0 radical (unpaired) electrons. The van der Waals surface area contributed by atoms with Crippen LogP contribution in [0.25, 0.3) is 0 Å². The minimum atomic E-state index is -0.852. The molecule has 6 heteroatoms. The lowest BCUT2D eigenvalue weighted by Gasteiger charge is -2.20. The van der Waals surface area contributed by atoms with Crippen molar-refractivity contribution in [1.82, 2.24) is 5.32 Å². The molecule has 0 rings (SSSR count). The zero-order valence-electron chi connectivity index (χ0n) is 42.5. The van der Waals surface area contributed by atoms with E-state index >= 15 is 0 Å². The fourth-order valence-electron chi connectivity index (χ4n) is 8.25. The lowest BCUT2D eigenvalue weighted by Crippen LogP contribution is -2.45. The van der Waals surface area contributed by atoms with Crippen LogP contribution < -0.4 is 5.32 Å². The van der Waals surface area contributed by atoms with E-state index in [-0.39, 0.29) is 18.5 Å². The molecule has 0 heterocycles. The molecule has 0 aliphatic heterocycles. The molecule has 0 fully saturated rings. The number of rotatable bonds is 51. The molecule has 1 amide bonds. The van der Waals surface area contributed by atoms with Crippen molar-refractivity contribution in [1.29, 1.82) is 0 Å². The zero-order valence-corrected chi connectivity index (χ0v) is 42.5. The van der Waals surface area contributed by atoms with Gasteiger partial charge in [-0.05, 0) is 89.9 Å². The molecule has 0 saturated heterocycles. The van der Waals surface area contributed by atoms with E-state index < -0.39 is 12.1 Å². The first-order chi connectivity index (χ1) is 31.5. The smallest absolute Gasteiger partial charge is 0.305 e. The van der Waals surface area contributed by atoms with Crippen LogP contribution in [0.1, 0.15) is 284 Å². The van der Waals surface area contributed by atoms with E-state index in [9.17, 15) is 19.8 Å². The summed E-state index contributed by atoms with van der Waals surface area (Å²) in [5, 5.41) is 23.0. The third kappa shape index (κ3) is 49.3. The number of esters is 1. The summed E-state index contributed by atoms with van der Waals surface area (Å²) in [5.74, 6) is -0.0897. The molecule has 0 aliphatic carbocycles. The monoisotopic (exact) mass is 898 g/mol. The summed E-state index contributed by atoms with van der Waals surface area (Å²) >= 11 is 0. The average Bonchev–Trinajstić information content (AvgIpc) is 3.29. The van der Waals surface area contributed by atoms with Gasteiger partial charge in [0.25, 0.3) is 0 Å². The first-order valence-electron chi connectivity index (χ1n) is 27.9. The summed E-state index contributed by atoms with van der Waals surface area (Å²) in [6.45, 7) is 4.84. The molecule has 2 unspecified atom stereocenters. The van der Waals surface area contributed by atoms with Crippen molar-refractivity contribution in [2.24, 2.45) is 0 Å². The highest BCUT2D eigenvalue weighted by Gasteiger charge is 2.18. The van der Waals surface area contributed by atoms with Crippen LogP contribution in [-0.2, 0) is 14.3 Å². The number of carbonyl (C=O) groups is 2. The predicted octanol–water partition coefficient (Wildman–Crippen LogP) is 17.0. The Morgan fingerprint density at radius 2 is 0.781 bits per heavy atom. The second-order valence-corrected chi connectivity index (χ2v) is 18.9. The predicted molar refractivity (Wildman–Crippen MR) is 278 cm³/mol. The maximum absolute atomic E-state index is 12.4. The second kappa shape index (κ2) is 53.4. The van der Waals surface area contributed by atoms with Gasteiger partial charge in [-0.1, -0.05) is 229 Å². The van der Waals surface area contributed by atoms with E-state index in [1.54, 1.807) is 6.08 Å². The molecule has 3 N–H and O–H groups in total. The molecule has 0 aliphatic rings. The number of hydrogen-bond acceptors (Lipinski definition) is 5. The summed E-state index contributed by atoms with van der Waals surface area (Å²) < 4.78 is 5.48. The number of hydrogen-bond donors (Lipinski definition) is 3. The Morgan fingerprint density at radius 1 is 0.438 bits per heavy atom. The van der Waals surface area contributed by atoms with E-state index in [0.29, 0.717) is 19.4 Å². The van der Waals surface area contributed by atoms with Crippen molar-refractivity contribution in [2.45, 2.75) is 296 Å². The quantitative estimate of drug-likeness (QED) is 0.0321. The van der Waals surface area contributed by atoms with Gasteiger partial charge in [0, 0.05) is 12.8 Å². The number of aliphatic hydroxyl groups excluding tert-OH is 2. The van der Waals surface area contributed by atoms with Gasteiger partial charge in [-0.2, -0.15) is 0 Å². The largest absolute Gasteiger partial charge is 0.466 e. The van der Waals surface area contributed by atoms with E-state index in [1.807, 2.05) is 6.08 Å². The van der Waals surface area contributed by atoms with Gasteiger partial charge in [0.05, 0.1) is 25.4 Å². The minimum absolute atomic E-state index is 0.00734. The molecule has 374 valence electrons. The number of unbranched alkanes of at least 4 members (excludes halogenated alkanes) is 34. The first kappa shape index (κ1) is 61.8. The van der Waals surface area contributed by atoms with Crippen molar-refractivity contribution < 1.29 is 24.5 Å². The Balaban J connectivity index is 3.46. The number of allylic oxidation sites excluding steroid dienone is 7. The molecule has 0 saturated carbocycles. The van der Waals surface area contributed by atoms with Gasteiger partial charge in [-0.15, -0.1) is 0 Å². The van der Waals surface area contributed by atoms with E-state index in [4.69, 9.17) is 4.74 Å². The van der Waals surface area contributed by atoms with Crippen LogP contribution in [-0.4, -0.2) is 47.4 Å². The van der Waals surface area contributed by atoms with Crippen molar-refractivity contribution in [2.75, 3.05) is 13.2 Å². The number of aliphatic hydroxyl groups is 2. The van der Waals surface area contributed by atoms with Gasteiger partial charge >= 0.3 is 5.97 Å². The Labute approximate surface area is 397 Å². The highest BCUT2D eigenvalue weighted by Crippen LogP contribution is 2.15. The van der Waals surface area contributed by atoms with Gasteiger partial charge in [-0.25, -0.2) is 0 Å². The number of nitrogens with one attached hydrogen (secondary N) is 1. The minimum Gasteiger partial charge on any atom is -0.466 e. The SMILES string of the molecule is CCCCC/C=C\C/C=C\CCCCCCCCCCCC(=O)OCCCCCCCC/C=C\CCCCCCCCCC(=O)NC(CO)C(O)/C=C/CCCCCCCCCCC.